The summed E-state index contributed by atoms with van der Waals surface area (Å²) in [7, 11) is 0. The van der Waals surface area contributed by atoms with Crippen LogP contribution in [0.5, 0.6) is 5.75 Å². The molecule has 3 aromatic rings. The lowest BCUT2D eigenvalue weighted by atomic mass is 10.1. The molecule has 1 fully saturated rings. The fourth-order valence-corrected chi connectivity index (χ4v) is 3.15. The van der Waals surface area contributed by atoms with Crippen molar-refractivity contribution < 1.29 is 9.47 Å². The number of rotatable bonds is 6. The summed E-state index contributed by atoms with van der Waals surface area (Å²) < 4.78 is 11.3. The Balaban J connectivity index is 1.43. The van der Waals surface area contributed by atoms with E-state index < -0.39 is 0 Å². The molecule has 1 aliphatic rings. The SMILES string of the molecule is c1cc(-c2cc[nH]n2)c2cc(OCCCN3CCOCC3)ccc2n1. The van der Waals surface area contributed by atoms with Crippen LogP contribution < -0.4 is 4.74 Å². The molecule has 0 unspecified atom stereocenters. The molecule has 0 radical (unpaired) electrons. The smallest absolute Gasteiger partial charge is 0.120 e. The Kier molecular flexibility index (Phi) is 4.90. The summed E-state index contributed by atoms with van der Waals surface area (Å²) in [4.78, 5) is 6.86. The summed E-state index contributed by atoms with van der Waals surface area (Å²) in [6.45, 7) is 5.49. The molecule has 6 heteroatoms. The number of hydrogen-bond donors (Lipinski definition) is 1. The van der Waals surface area contributed by atoms with Gasteiger partial charge in [-0.3, -0.25) is 15.0 Å². The van der Waals surface area contributed by atoms with Crippen molar-refractivity contribution in [1.29, 1.82) is 0 Å². The molecule has 1 N–H and O–H groups in total. The lowest BCUT2D eigenvalue weighted by Crippen LogP contribution is -2.37. The molecule has 0 aliphatic carbocycles. The van der Waals surface area contributed by atoms with Crippen LogP contribution in [0.3, 0.4) is 0 Å². The number of H-pyrrole nitrogens is 1. The van der Waals surface area contributed by atoms with Gasteiger partial charge in [-0.15, -0.1) is 0 Å². The van der Waals surface area contributed by atoms with Gasteiger partial charge < -0.3 is 9.47 Å². The maximum absolute atomic E-state index is 5.96. The fraction of sp³-hybridized carbons (Fsp3) is 0.368. The van der Waals surface area contributed by atoms with E-state index in [4.69, 9.17) is 9.47 Å². The van der Waals surface area contributed by atoms with Crippen LogP contribution in [0.15, 0.2) is 42.7 Å². The predicted molar refractivity (Wildman–Crippen MR) is 96.7 cm³/mol. The van der Waals surface area contributed by atoms with Gasteiger partial charge in [0, 0.05) is 43.0 Å². The summed E-state index contributed by atoms with van der Waals surface area (Å²) in [5.41, 5.74) is 2.92. The molecule has 2 aromatic heterocycles. The number of hydrogen-bond acceptors (Lipinski definition) is 5. The third-order valence-electron chi connectivity index (χ3n) is 4.48. The van der Waals surface area contributed by atoms with Gasteiger partial charge in [-0.1, -0.05) is 0 Å². The number of aromatic nitrogens is 3. The first-order valence-corrected chi connectivity index (χ1v) is 8.72. The third-order valence-corrected chi connectivity index (χ3v) is 4.48. The highest BCUT2D eigenvalue weighted by Crippen LogP contribution is 2.28. The van der Waals surface area contributed by atoms with E-state index in [-0.39, 0.29) is 0 Å². The molecule has 0 atom stereocenters. The average molecular weight is 338 g/mol. The molecule has 0 bridgehead atoms. The third kappa shape index (κ3) is 3.81. The van der Waals surface area contributed by atoms with Gasteiger partial charge in [0.2, 0.25) is 0 Å². The number of morpholine rings is 1. The summed E-state index contributed by atoms with van der Waals surface area (Å²) in [6.07, 6.45) is 4.65. The molecule has 25 heavy (non-hydrogen) atoms. The van der Waals surface area contributed by atoms with Crippen molar-refractivity contribution >= 4 is 10.9 Å². The molecular weight excluding hydrogens is 316 g/mol. The van der Waals surface area contributed by atoms with E-state index in [1.807, 2.05) is 36.7 Å². The van der Waals surface area contributed by atoms with E-state index in [9.17, 15) is 0 Å². The quantitative estimate of drug-likeness (QED) is 0.700. The van der Waals surface area contributed by atoms with Gasteiger partial charge in [-0.2, -0.15) is 5.10 Å². The maximum atomic E-state index is 5.96. The molecular formula is C19H22N4O2. The molecule has 4 rings (SSSR count). The number of ether oxygens (including phenoxy) is 2. The number of pyridine rings is 1. The fourth-order valence-electron chi connectivity index (χ4n) is 3.15. The summed E-state index contributed by atoms with van der Waals surface area (Å²) in [5.74, 6) is 0.874. The zero-order valence-electron chi connectivity index (χ0n) is 14.1. The van der Waals surface area contributed by atoms with Gasteiger partial charge in [0.05, 0.1) is 31.0 Å². The molecule has 6 nitrogen and oxygen atoms in total. The number of aromatic amines is 1. The van der Waals surface area contributed by atoms with E-state index in [0.29, 0.717) is 6.61 Å². The van der Waals surface area contributed by atoms with E-state index in [1.165, 1.54) is 0 Å². The largest absolute Gasteiger partial charge is 0.494 e. The first kappa shape index (κ1) is 16.1. The molecule has 3 heterocycles. The predicted octanol–water partition coefficient (Wildman–Crippen LogP) is 2.73. The van der Waals surface area contributed by atoms with E-state index in [1.54, 1.807) is 0 Å². The van der Waals surface area contributed by atoms with Crippen LogP contribution in [0.4, 0.5) is 0 Å². The zero-order valence-corrected chi connectivity index (χ0v) is 14.1. The first-order chi connectivity index (χ1) is 12.4. The molecule has 0 spiro atoms. The first-order valence-electron chi connectivity index (χ1n) is 8.72. The van der Waals surface area contributed by atoms with Crippen molar-refractivity contribution in [1.82, 2.24) is 20.1 Å². The van der Waals surface area contributed by atoms with Crippen LogP contribution in [0, 0.1) is 0 Å². The Labute approximate surface area is 146 Å². The van der Waals surface area contributed by atoms with Crippen molar-refractivity contribution in [2.75, 3.05) is 39.5 Å². The molecule has 130 valence electrons. The molecule has 1 aliphatic heterocycles. The van der Waals surface area contributed by atoms with Gasteiger partial charge in [0.15, 0.2) is 0 Å². The van der Waals surface area contributed by atoms with Crippen molar-refractivity contribution in [3.8, 4) is 17.0 Å². The molecule has 0 amide bonds. The van der Waals surface area contributed by atoms with E-state index in [0.717, 1.165) is 67.2 Å². The number of nitrogens with one attached hydrogen (secondary N) is 1. The minimum absolute atomic E-state index is 0.709. The van der Waals surface area contributed by atoms with E-state index in [2.05, 4.69) is 26.1 Å². The second-order valence-corrected chi connectivity index (χ2v) is 6.15. The maximum Gasteiger partial charge on any atom is 0.120 e. The molecule has 1 aromatic carbocycles. The van der Waals surface area contributed by atoms with Gasteiger partial charge in [-0.25, -0.2) is 0 Å². The Morgan fingerprint density at radius 3 is 2.92 bits per heavy atom. The van der Waals surface area contributed by atoms with Crippen LogP contribution in [-0.4, -0.2) is 59.5 Å². The zero-order chi connectivity index (χ0) is 16.9. The van der Waals surface area contributed by atoms with Gasteiger partial charge >= 0.3 is 0 Å². The average Bonchev–Trinajstić information content (AvgIpc) is 3.20. The Bertz CT molecular complexity index is 813. The van der Waals surface area contributed by atoms with Gasteiger partial charge in [0.25, 0.3) is 0 Å². The van der Waals surface area contributed by atoms with Crippen LogP contribution >= 0.6 is 0 Å². The topological polar surface area (TPSA) is 63.3 Å². The van der Waals surface area contributed by atoms with Crippen molar-refractivity contribution in [2.45, 2.75) is 6.42 Å². The lowest BCUT2D eigenvalue weighted by Gasteiger charge is -2.26. The highest BCUT2D eigenvalue weighted by Gasteiger charge is 2.10. The molecule has 1 saturated heterocycles. The van der Waals surface area contributed by atoms with Crippen molar-refractivity contribution in [3.05, 3.63) is 42.7 Å². The Morgan fingerprint density at radius 1 is 1.16 bits per heavy atom. The van der Waals surface area contributed by atoms with Crippen molar-refractivity contribution in [2.24, 2.45) is 0 Å². The second-order valence-electron chi connectivity index (χ2n) is 6.15. The highest BCUT2D eigenvalue weighted by atomic mass is 16.5. The van der Waals surface area contributed by atoms with Crippen LogP contribution in [0.2, 0.25) is 0 Å². The Morgan fingerprint density at radius 2 is 2.08 bits per heavy atom. The monoisotopic (exact) mass is 338 g/mol. The van der Waals surface area contributed by atoms with Gasteiger partial charge in [-0.05, 0) is 36.8 Å². The minimum Gasteiger partial charge on any atom is -0.494 e. The number of nitrogens with zero attached hydrogens (tertiary/aromatic N) is 3. The normalized spacial score (nSPS) is 15.5. The van der Waals surface area contributed by atoms with Gasteiger partial charge in [0.1, 0.15) is 5.75 Å². The summed E-state index contributed by atoms with van der Waals surface area (Å²) >= 11 is 0. The van der Waals surface area contributed by atoms with Crippen LogP contribution in [0.1, 0.15) is 6.42 Å². The lowest BCUT2D eigenvalue weighted by molar-refractivity contribution is 0.0358. The standard InChI is InChI=1S/C19H22N4O2/c1(8-23-9-12-24-13-10-23)11-25-15-2-3-18-17(14-15)16(4-6-20-18)19-5-7-21-22-19/h2-7,14H,1,8-13H2,(H,21,22). The van der Waals surface area contributed by atoms with Crippen LogP contribution in [-0.2, 0) is 4.74 Å². The summed E-state index contributed by atoms with van der Waals surface area (Å²) in [6, 6.07) is 9.99. The van der Waals surface area contributed by atoms with Crippen LogP contribution in [0.25, 0.3) is 22.2 Å². The second kappa shape index (κ2) is 7.63. The summed E-state index contributed by atoms with van der Waals surface area (Å²) in [5, 5.41) is 8.21. The van der Waals surface area contributed by atoms with E-state index >= 15 is 0 Å². The molecule has 0 saturated carbocycles. The highest BCUT2D eigenvalue weighted by molar-refractivity contribution is 5.94. The Hall–Kier alpha value is -2.44. The minimum atomic E-state index is 0.709. The number of fused-ring (bicyclic) bond motifs is 1. The van der Waals surface area contributed by atoms with Crippen molar-refractivity contribution in [3.63, 3.8) is 0 Å². The number of benzene rings is 1.